The molecule has 0 spiro atoms. The molecule has 1 heterocycles. The first-order valence-corrected chi connectivity index (χ1v) is 6.87. The van der Waals surface area contributed by atoms with Crippen molar-refractivity contribution in [2.24, 2.45) is 0 Å². The molecule has 1 aromatic heterocycles. The number of hydrogen-bond acceptors (Lipinski definition) is 4. The zero-order valence-corrected chi connectivity index (χ0v) is 12.2. The first kappa shape index (κ1) is 14.8. The van der Waals surface area contributed by atoms with E-state index in [4.69, 9.17) is 10.5 Å². The fourth-order valence-electron chi connectivity index (χ4n) is 1.77. The molecule has 5 heteroatoms. The van der Waals surface area contributed by atoms with Gasteiger partial charge in [-0.15, -0.1) is 0 Å². The predicted octanol–water partition coefficient (Wildman–Crippen LogP) is 3.09. The van der Waals surface area contributed by atoms with E-state index in [9.17, 15) is 4.79 Å². The molecule has 1 unspecified atom stereocenters. The number of amides is 1. The van der Waals surface area contributed by atoms with Crippen LogP contribution in [0.3, 0.4) is 0 Å². The Bertz CT molecular complexity index is 628. The molecule has 0 aliphatic rings. The van der Waals surface area contributed by atoms with Crippen molar-refractivity contribution in [3.05, 3.63) is 48.3 Å². The number of nitrogens with two attached hydrogens (primary N) is 1. The third-order valence-electron chi connectivity index (χ3n) is 3.10. The van der Waals surface area contributed by atoms with Gasteiger partial charge in [0.15, 0.2) is 0 Å². The average molecular weight is 285 g/mol. The highest BCUT2D eigenvalue weighted by Crippen LogP contribution is 2.20. The van der Waals surface area contributed by atoms with Crippen molar-refractivity contribution in [1.82, 2.24) is 4.98 Å². The van der Waals surface area contributed by atoms with Gasteiger partial charge in [-0.1, -0.05) is 13.0 Å². The van der Waals surface area contributed by atoms with Crippen LogP contribution in [0.5, 0.6) is 5.75 Å². The highest BCUT2D eigenvalue weighted by atomic mass is 16.5. The Morgan fingerprint density at radius 3 is 2.95 bits per heavy atom. The van der Waals surface area contributed by atoms with Gasteiger partial charge in [0.05, 0.1) is 23.6 Å². The van der Waals surface area contributed by atoms with Crippen molar-refractivity contribution in [3.63, 3.8) is 0 Å². The molecule has 5 nitrogen and oxygen atoms in total. The number of nitrogens with one attached hydrogen (secondary N) is 1. The van der Waals surface area contributed by atoms with E-state index in [0.717, 1.165) is 12.2 Å². The van der Waals surface area contributed by atoms with Crippen molar-refractivity contribution < 1.29 is 9.53 Å². The van der Waals surface area contributed by atoms with Crippen LogP contribution in [-0.2, 0) is 0 Å². The zero-order valence-electron chi connectivity index (χ0n) is 12.2. The second-order valence-corrected chi connectivity index (χ2v) is 4.78. The Balaban J connectivity index is 2.11. The summed E-state index contributed by atoms with van der Waals surface area (Å²) in [6.45, 7) is 4.06. The van der Waals surface area contributed by atoms with E-state index in [1.165, 1.54) is 12.4 Å². The summed E-state index contributed by atoms with van der Waals surface area (Å²) in [5.41, 5.74) is 7.16. The molecule has 21 heavy (non-hydrogen) atoms. The molecule has 0 saturated heterocycles. The molecule has 0 fully saturated rings. The second-order valence-electron chi connectivity index (χ2n) is 4.78. The normalized spacial score (nSPS) is 11.7. The van der Waals surface area contributed by atoms with Crippen LogP contribution in [0.15, 0.2) is 42.7 Å². The minimum Gasteiger partial charge on any atom is -0.491 e. The van der Waals surface area contributed by atoms with Gasteiger partial charge in [-0.25, -0.2) is 0 Å². The SMILES string of the molecule is CCC(C)Oc1cccc(NC(=O)c2ccncc2N)c1. The van der Waals surface area contributed by atoms with Crippen molar-refractivity contribution in [3.8, 4) is 5.75 Å². The number of nitrogens with zero attached hydrogens (tertiary/aromatic N) is 1. The molecule has 1 amide bonds. The van der Waals surface area contributed by atoms with Crippen molar-refractivity contribution in [1.29, 1.82) is 0 Å². The quantitative estimate of drug-likeness (QED) is 0.885. The van der Waals surface area contributed by atoms with Crippen LogP contribution < -0.4 is 15.8 Å². The van der Waals surface area contributed by atoms with Crippen molar-refractivity contribution in [2.75, 3.05) is 11.1 Å². The third kappa shape index (κ3) is 3.95. The Morgan fingerprint density at radius 1 is 1.43 bits per heavy atom. The average Bonchev–Trinajstić information content (AvgIpc) is 2.47. The van der Waals surface area contributed by atoms with Gasteiger partial charge in [-0.3, -0.25) is 9.78 Å². The molecule has 1 aromatic carbocycles. The van der Waals surface area contributed by atoms with Gasteiger partial charge in [0, 0.05) is 18.0 Å². The number of aromatic nitrogens is 1. The number of carbonyl (C=O) groups excluding carboxylic acids is 1. The number of rotatable bonds is 5. The van der Waals surface area contributed by atoms with E-state index in [0.29, 0.717) is 16.9 Å². The van der Waals surface area contributed by atoms with Crippen LogP contribution in [0.1, 0.15) is 30.6 Å². The zero-order chi connectivity index (χ0) is 15.2. The Kier molecular flexibility index (Phi) is 4.77. The molecule has 0 bridgehead atoms. The number of benzene rings is 1. The van der Waals surface area contributed by atoms with Crippen LogP contribution in [0.4, 0.5) is 11.4 Å². The Hall–Kier alpha value is -2.56. The monoisotopic (exact) mass is 285 g/mol. The van der Waals surface area contributed by atoms with Crippen molar-refractivity contribution >= 4 is 17.3 Å². The van der Waals surface area contributed by atoms with Gasteiger partial charge < -0.3 is 15.8 Å². The minimum absolute atomic E-state index is 0.131. The summed E-state index contributed by atoms with van der Waals surface area (Å²) in [5, 5.41) is 2.80. The van der Waals surface area contributed by atoms with E-state index < -0.39 is 0 Å². The molecule has 3 N–H and O–H groups in total. The highest BCUT2D eigenvalue weighted by Gasteiger charge is 2.10. The summed E-state index contributed by atoms with van der Waals surface area (Å²) in [4.78, 5) is 16.0. The van der Waals surface area contributed by atoms with E-state index in [1.54, 1.807) is 18.2 Å². The number of hydrogen-bond donors (Lipinski definition) is 2. The predicted molar refractivity (Wildman–Crippen MR) is 83.4 cm³/mol. The summed E-state index contributed by atoms with van der Waals surface area (Å²) in [6, 6.07) is 8.89. The lowest BCUT2D eigenvalue weighted by Gasteiger charge is -2.14. The molecule has 2 aromatic rings. The second kappa shape index (κ2) is 6.74. The maximum Gasteiger partial charge on any atom is 0.257 e. The lowest BCUT2D eigenvalue weighted by atomic mass is 10.2. The largest absolute Gasteiger partial charge is 0.491 e. The van der Waals surface area contributed by atoms with Gasteiger partial charge in [0.1, 0.15) is 5.75 Å². The molecular weight excluding hydrogens is 266 g/mol. The van der Waals surface area contributed by atoms with Crippen molar-refractivity contribution in [2.45, 2.75) is 26.4 Å². The van der Waals surface area contributed by atoms with Crippen LogP contribution in [0, 0.1) is 0 Å². The third-order valence-corrected chi connectivity index (χ3v) is 3.10. The van der Waals surface area contributed by atoms with Gasteiger partial charge in [-0.2, -0.15) is 0 Å². The summed E-state index contributed by atoms with van der Waals surface area (Å²) >= 11 is 0. The molecule has 0 saturated carbocycles. The molecular formula is C16H19N3O2. The van der Waals surface area contributed by atoms with E-state index in [-0.39, 0.29) is 12.0 Å². The number of ether oxygens (including phenoxy) is 1. The van der Waals surface area contributed by atoms with Crippen LogP contribution in [0.2, 0.25) is 0 Å². The fourth-order valence-corrected chi connectivity index (χ4v) is 1.77. The topological polar surface area (TPSA) is 77.2 Å². The molecule has 2 rings (SSSR count). The molecule has 110 valence electrons. The lowest BCUT2D eigenvalue weighted by molar-refractivity contribution is 0.102. The number of pyridine rings is 1. The summed E-state index contributed by atoms with van der Waals surface area (Å²) in [5.74, 6) is 0.459. The van der Waals surface area contributed by atoms with Crippen LogP contribution in [0.25, 0.3) is 0 Å². The molecule has 0 radical (unpaired) electrons. The number of nitrogen functional groups attached to an aromatic ring is 1. The fraction of sp³-hybridized carbons (Fsp3) is 0.250. The molecule has 0 aliphatic carbocycles. The number of anilines is 2. The van der Waals surface area contributed by atoms with Gasteiger partial charge in [0.25, 0.3) is 5.91 Å². The first-order valence-electron chi connectivity index (χ1n) is 6.87. The minimum atomic E-state index is -0.268. The first-order chi connectivity index (χ1) is 10.1. The van der Waals surface area contributed by atoms with E-state index in [1.807, 2.05) is 19.1 Å². The highest BCUT2D eigenvalue weighted by molar-refractivity contribution is 6.07. The summed E-state index contributed by atoms with van der Waals surface area (Å²) in [7, 11) is 0. The van der Waals surface area contributed by atoms with E-state index >= 15 is 0 Å². The Labute approximate surface area is 124 Å². The van der Waals surface area contributed by atoms with Gasteiger partial charge >= 0.3 is 0 Å². The van der Waals surface area contributed by atoms with E-state index in [2.05, 4.69) is 17.2 Å². The smallest absolute Gasteiger partial charge is 0.257 e. The Morgan fingerprint density at radius 2 is 2.24 bits per heavy atom. The maximum absolute atomic E-state index is 12.2. The lowest BCUT2D eigenvalue weighted by Crippen LogP contribution is -2.14. The van der Waals surface area contributed by atoms with Crippen LogP contribution >= 0.6 is 0 Å². The van der Waals surface area contributed by atoms with Gasteiger partial charge in [-0.05, 0) is 31.5 Å². The number of carbonyl (C=O) groups is 1. The van der Waals surface area contributed by atoms with Gasteiger partial charge in [0.2, 0.25) is 0 Å². The summed E-state index contributed by atoms with van der Waals surface area (Å²) in [6.07, 6.45) is 4.04. The molecule has 1 atom stereocenters. The standard InChI is InChI=1S/C16H19N3O2/c1-3-11(2)21-13-6-4-5-12(9-13)19-16(20)14-7-8-18-10-15(14)17/h4-11H,3,17H2,1-2H3,(H,19,20). The van der Waals surface area contributed by atoms with Crippen LogP contribution in [-0.4, -0.2) is 17.0 Å². The molecule has 0 aliphatic heterocycles. The summed E-state index contributed by atoms with van der Waals surface area (Å²) < 4.78 is 5.73. The maximum atomic E-state index is 12.2.